The van der Waals surface area contributed by atoms with Crippen molar-refractivity contribution in [2.75, 3.05) is 5.32 Å². The number of aryl methyl sites for hydroxylation is 1. The maximum absolute atomic E-state index is 12.9. The zero-order valence-electron chi connectivity index (χ0n) is 14.8. The van der Waals surface area contributed by atoms with Crippen LogP contribution in [0.4, 0.5) is 10.5 Å². The fourth-order valence-electron chi connectivity index (χ4n) is 2.52. The van der Waals surface area contributed by atoms with Gasteiger partial charge in [-0.2, -0.15) is 0 Å². The van der Waals surface area contributed by atoms with Gasteiger partial charge in [-0.25, -0.2) is 13.2 Å². The summed E-state index contributed by atoms with van der Waals surface area (Å²) < 4.78 is 31.0. The quantitative estimate of drug-likeness (QED) is 0.702. The molecule has 0 heterocycles. The monoisotopic (exact) mass is 381 g/mol. The number of hydrogen-bond donors (Lipinski definition) is 1. The van der Waals surface area contributed by atoms with Crippen LogP contribution >= 0.6 is 0 Å². The van der Waals surface area contributed by atoms with Crippen molar-refractivity contribution in [2.24, 2.45) is 0 Å². The van der Waals surface area contributed by atoms with Crippen molar-refractivity contribution in [1.29, 1.82) is 0 Å². The summed E-state index contributed by atoms with van der Waals surface area (Å²) in [6, 6.07) is 22.1. The van der Waals surface area contributed by atoms with E-state index in [4.69, 9.17) is 4.74 Å². The van der Waals surface area contributed by atoms with Crippen molar-refractivity contribution in [2.45, 2.75) is 23.3 Å². The maximum Gasteiger partial charge on any atom is 0.411 e. The summed E-state index contributed by atoms with van der Waals surface area (Å²) in [5.74, 6) is 0. The Morgan fingerprint density at radius 2 is 1.52 bits per heavy atom. The lowest BCUT2D eigenvalue weighted by molar-refractivity contribution is 0.155. The van der Waals surface area contributed by atoms with Crippen LogP contribution in [0.3, 0.4) is 0 Å². The normalized spacial score (nSPS) is 11.0. The van der Waals surface area contributed by atoms with Crippen molar-refractivity contribution in [3.05, 3.63) is 90.0 Å². The highest BCUT2D eigenvalue weighted by Crippen LogP contribution is 2.28. The number of amides is 1. The zero-order chi connectivity index (χ0) is 19.3. The van der Waals surface area contributed by atoms with Crippen LogP contribution in [0.2, 0.25) is 0 Å². The van der Waals surface area contributed by atoms with Crippen LogP contribution in [0.5, 0.6) is 0 Å². The molecule has 0 aliphatic rings. The first kappa shape index (κ1) is 18.7. The predicted octanol–water partition coefficient (Wildman–Crippen LogP) is 4.58. The lowest BCUT2D eigenvalue weighted by atomic mass is 10.2. The Labute approximate surface area is 158 Å². The van der Waals surface area contributed by atoms with E-state index in [1.165, 1.54) is 12.1 Å². The molecule has 0 spiro atoms. The zero-order valence-corrected chi connectivity index (χ0v) is 15.6. The third-order valence-electron chi connectivity index (χ3n) is 3.96. The second-order valence-electron chi connectivity index (χ2n) is 6.00. The highest BCUT2D eigenvalue weighted by atomic mass is 32.2. The second-order valence-corrected chi connectivity index (χ2v) is 7.92. The Morgan fingerprint density at radius 3 is 2.22 bits per heavy atom. The van der Waals surface area contributed by atoms with Crippen LogP contribution in [0.1, 0.15) is 11.1 Å². The van der Waals surface area contributed by atoms with Gasteiger partial charge in [0, 0.05) is 0 Å². The fourth-order valence-corrected chi connectivity index (χ4v) is 3.93. The van der Waals surface area contributed by atoms with Crippen LogP contribution < -0.4 is 5.32 Å². The molecule has 0 saturated carbocycles. The van der Waals surface area contributed by atoms with Crippen LogP contribution in [0.25, 0.3) is 0 Å². The van der Waals surface area contributed by atoms with Crippen molar-refractivity contribution in [3.63, 3.8) is 0 Å². The lowest BCUT2D eigenvalue weighted by Crippen LogP contribution is -2.16. The summed E-state index contributed by atoms with van der Waals surface area (Å²) in [7, 11) is -3.77. The summed E-state index contributed by atoms with van der Waals surface area (Å²) in [6.45, 7) is 1.98. The highest BCUT2D eigenvalue weighted by molar-refractivity contribution is 7.91. The molecule has 6 heteroatoms. The molecule has 3 aromatic rings. The van der Waals surface area contributed by atoms with Crippen LogP contribution in [0.15, 0.2) is 88.7 Å². The molecule has 0 atom stereocenters. The molecule has 0 bridgehead atoms. The molecular weight excluding hydrogens is 362 g/mol. The van der Waals surface area contributed by atoms with E-state index in [-0.39, 0.29) is 22.1 Å². The van der Waals surface area contributed by atoms with E-state index in [1.54, 1.807) is 36.4 Å². The number of anilines is 1. The number of carbonyl (C=O) groups is 1. The van der Waals surface area contributed by atoms with E-state index in [0.29, 0.717) is 0 Å². The number of rotatable bonds is 5. The van der Waals surface area contributed by atoms with Crippen molar-refractivity contribution in [3.8, 4) is 0 Å². The van der Waals surface area contributed by atoms with Crippen LogP contribution in [-0.4, -0.2) is 14.5 Å². The summed E-state index contributed by atoms with van der Waals surface area (Å²) in [4.78, 5) is 12.3. The lowest BCUT2D eigenvalue weighted by Gasteiger charge is -2.12. The van der Waals surface area contributed by atoms with E-state index < -0.39 is 15.9 Å². The third kappa shape index (κ3) is 4.54. The van der Waals surface area contributed by atoms with Gasteiger partial charge in [0.15, 0.2) is 0 Å². The number of hydrogen-bond acceptors (Lipinski definition) is 4. The van der Waals surface area contributed by atoms with Gasteiger partial charge in [-0.1, -0.05) is 60.2 Å². The molecular formula is C21H19NO4S. The number of ether oxygens (including phenoxy) is 1. The minimum Gasteiger partial charge on any atom is -0.444 e. The molecule has 3 aromatic carbocycles. The summed E-state index contributed by atoms with van der Waals surface area (Å²) >= 11 is 0. The molecule has 0 unspecified atom stereocenters. The molecule has 3 rings (SSSR count). The van der Waals surface area contributed by atoms with Gasteiger partial charge in [0.25, 0.3) is 0 Å². The van der Waals surface area contributed by atoms with Gasteiger partial charge in [0.05, 0.1) is 15.5 Å². The number of sulfone groups is 1. The van der Waals surface area contributed by atoms with Crippen LogP contribution in [-0.2, 0) is 21.2 Å². The Kier molecular flexibility index (Phi) is 5.57. The minimum absolute atomic E-state index is 0.0190. The molecule has 1 amide bonds. The number of benzene rings is 3. The number of carbonyl (C=O) groups excluding carboxylic acids is 1. The maximum atomic E-state index is 12.9. The van der Waals surface area contributed by atoms with Gasteiger partial charge in [-0.3, -0.25) is 5.32 Å². The Hall–Kier alpha value is -3.12. The minimum atomic E-state index is -3.77. The molecule has 0 aromatic heterocycles. The molecule has 0 aliphatic heterocycles. The first-order valence-corrected chi connectivity index (χ1v) is 9.83. The Morgan fingerprint density at radius 1 is 0.889 bits per heavy atom. The van der Waals surface area contributed by atoms with Gasteiger partial charge in [-0.05, 0) is 36.8 Å². The van der Waals surface area contributed by atoms with Gasteiger partial charge in [0.2, 0.25) is 9.84 Å². The predicted molar refractivity (Wildman–Crippen MR) is 103 cm³/mol. The molecule has 138 valence electrons. The Bertz CT molecular complexity index is 1030. The van der Waals surface area contributed by atoms with Crippen molar-refractivity contribution in [1.82, 2.24) is 0 Å². The SMILES string of the molecule is Cc1ccc(S(=O)(=O)c2ccccc2NC(=O)OCc2ccccc2)cc1. The van der Waals surface area contributed by atoms with Crippen molar-refractivity contribution >= 4 is 21.6 Å². The van der Waals surface area contributed by atoms with Crippen LogP contribution in [0, 0.1) is 6.92 Å². The standard InChI is InChI=1S/C21H19NO4S/c1-16-11-13-18(14-12-16)27(24,25)20-10-6-5-9-19(20)22-21(23)26-15-17-7-3-2-4-8-17/h2-14H,15H2,1H3,(H,22,23). The average molecular weight is 381 g/mol. The molecule has 1 N–H and O–H groups in total. The number of nitrogens with one attached hydrogen (secondary N) is 1. The highest BCUT2D eigenvalue weighted by Gasteiger charge is 2.22. The summed E-state index contributed by atoms with van der Waals surface area (Å²) in [5.41, 5.74) is 1.98. The number of para-hydroxylation sites is 1. The first-order valence-electron chi connectivity index (χ1n) is 8.35. The smallest absolute Gasteiger partial charge is 0.411 e. The molecule has 0 saturated heterocycles. The molecule has 5 nitrogen and oxygen atoms in total. The summed E-state index contributed by atoms with van der Waals surface area (Å²) in [6.07, 6.45) is -0.717. The fraction of sp³-hybridized carbons (Fsp3) is 0.0952. The first-order chi connectivity index (χ1) is 13.0. The van der Waals surface area contributed by atoms with Gasteiger partial charge in [0.1, 0.15) is 6.61 Å². The molecule has 27 heavy (non-hydrogen) atoms. The average Bonchev–Trinajstić information content (AvgIpc) is 2.68. The second kappa shape index (κ2) is 8.05. The Balaban J connectivity index is 1.79. The van der Waals surface area contributed by atoms with Gasteiger partial charge >= 0.3 is 6.09 Å². The van der Waals surface area contributed by atoms with Crippen molar-refractivity contribution < 1.29 is 17.9 Å². The topological polar surface area (TPSA) is 72.5 Å². The molecule has 0 radical (unpaired) electrons. The van der Waals surface area contributed by atoms with E-state index >= 15 is 0 Å². The van der Waals surface area contributed by atoms with E-state index in [2.05, 4.69) is 5.32 Å². The third-order valence-corrected chi connectivity index (χ3v) is 5.79. The summed E-state index contributed by atoms with van der Waals surface area (Å²) in [5, 5.41) is 2.53. The molecule has 0 aliphatic carbocycles. The van der Waals surface area contributed by atoms with E-state index in [1.807, 2.05) is 37.3 Å². The van der Waals surface area contributed by atoms with E-state index in [0.717, 1.165) is 11.1 Å². The van der Waals surface area contributed by atoms with Gasteiger partial charge < -0.3 is 4.74 Å². The molecule has 0 fully saturated rings. The largest absolute Gasteiger partial charge is 0.444 e. The van der Waals surface area contributed by atoms with Gasteiger partial charge in [-0.15, -0.1) is 0 Å². The van der Waals surface area contributed by atoms with E-state index in [9.17, 15) is 13.2 Å².